The van der Waals surface area contributed by atoms with Crippen molar-refractivity contribution < 1.29 is 22.4 Å². The van der Waals surface area contributed by atoms with Crippen molar-refractivity contribution in [2.45, 2.75) is 11.3 Å². The molecule has 4 aromatic rings. The molecule has 7 nitrogen and oxygen atoms in total. The smallest absolute Gasteiger partial charge is 0.325 e. The van der Waals surface area contributed by atoms with E-state index in [-0.39, 0.29) is 27.6 Å². The minimum atomic E-state index is -4.62. The molecule has 0 aliphatic carbocycles. The molecule has 2 aromatic carbocycles. The number of H-pyrrole nitrogens is 1. The molecule has 0 spiro atoms. The monoisotopic (exact) mass is 463 g/mol. The third-order valence-corrected chi connectivity index (χ3v) is 5.21. The van der Waals surface area contributed by atoms with E-state index in [1.54, 1.807) is 0 Å². The summed E-state index contributed by atoms with van der Waals surface area (Å²) in [6, 6.07) is 10.0. The van der Waals surface area contributed by atoms with E-state index < -0.39 is 29.0 Å². The summed E-state index contributed by atoms with van der Waals surface area (Å²) in [6.45, 7) is 0. The number of amides is 1. The second kappa shape index (κ2) is 8.46. The van der Waals surface area contributed by atoms with Crippen molar-refractivity contribution in [2.24, 2.45) is 0 Å². The van der Waals surface area contributed by atoms with Crippen LogP contribution >= 0.6 is 11.8 Å². The molecule has 32 heavy (non-hydrogen) atoms. The van der Waals surface area contributed by atoms with E-state index in [1.165, 1.54) is 47.3 Å². The van der Waals surface area contributed by atoms with Crippen LogP contribution in [0.4, 0.5) is 23.2 Å². The fraction of sp³-hybridized carbons (Fsp3) is 0.100. The Balaban J connectivity index is 1.54. The summed E-state index contributed by atoms with van der Waals surface area (Å²) in [6.07, 6.45) is -3.31. The molecule has 0 aliphatic heterocycles. The van der Waals surface area contributed by atoms with Gasteiger partial charge in [-0.1, -0.05) is 23.9 Å². The molecule has 2 heterocycles. The summed E-state index contributed by atoms with van der Waals surface area (Å²) in [7, 11) is 0. The molecular weight excluding hydrogens is 450 g/mol. The number of alkyl halides is 3. The third kappa shape index (κ3) is 4.49. The van der Waals surface area contributed by atoms with Gasteiger partial charge in [-0.15, -0.1) is 0 Å². The second-order valence-corrected chi connectivity index (χ2v) is 7.49. The lowest BCUT2D eigenvalue weighted by molar-refractivity contribution is -0.137. The summed E-state index contributed by atoms with van der Waals surface area (Å²) < 4.78 is 53.8. The first-order chi connectivity index (χ1) is 15.2. The highest BCUT2D eigenvalue weighted by Gasteiger charge is 2.33. The highest BCUT2D eigenvalue weighted by atomic mass is 32.2. The van der Waals surface area contributed by atoms with Gasteiger partial charge < -0.3 is 10.3 Å². The summed E-state index contributed by atoms with van der Waals surface area (Å²) in [4.78, 5) is 31.3. The Kier molecular flexibility index (Phi) is 5.70. The number of hydrogen-bond donors (Lipinski definition) is 2. The summed E-state index contributed by atoms with van der Waals surface area (Å²) in [5.74, 6) is -1.45. The Morgan fingerprint density at radius 3 is 2.56 bits per heavy atom. The van der Waals surface area contributed by atoms with Crippen LogP contribution < -0.4 is 10.9 Å². The Labute approximate surface area is 181 Å². The number of thioether (sulfide) groups is 1. The molecule has 0 unspecified atom stereocenters. The molecule has 0 atom stereocenters. The average Bonchev–Trinajstić information content (AvgIpc) is 3.17. The number of rotatable bonds is 5. The van der Waals surface area contributed by atoms with Crippen LogP contribution in [0.25, 0.3) is 16.7 Å². The van der Waals surface area contributed by atoms with Gasteiger partial charge in [0.1, 0.15) is 11.2 Å². The number of aromatic amines is 1. The van der Waals surface area contributed by atoms with Gasteiger partial charge in [-0.25, -0.2) is 14.1 Å². The number of halogens is 4. The Morgan fingerprint density at radius 2 is 1.84 bits per heavy atom. The number of benzene rings is 2. The molecule has 0 fully saturated rings. The van der Waals surface area contributed by atoms with E-state index >= 15 is 0 Å². The molecule has 0 radical (unpaired) electrons. The summed E-state index contributed by atoms with van der Waals surface area (Å²) >= 11 is 0.839. The van der Waals surface area contributed by atoms with Gasteiger partial charge in [0.15, 0.2) is 10.8 Å². The molecule has 0 bridgehead atoms. The van der Waals surface area contributed by atoms with E-state index in [9.17, 15) is 27.2 Å². The molecule has 0 saturated heterocycles. The number of para-hydroxylation sites is 1. The number of carbonyl (C=O) groups is 1. The SMILES string of the molecule is O=C(CSc1nc2c(cnn2-c2ccc(F)cc2)c(=O)[nH]1)Nc1ccccc1C(F)(F)F. The van der Waals surface area contributed by atoms with Crippen LogP contribution in [0.5, 0.6) is 0 Å². The first-order valence-corrected chi connectivity index (χ1v) is 10.0. The Hall–Kier alpha value is -3.67. The summed E-state index contributed by atoms with van der Waals surface area (Å²) in [5, 5.41) is 6.58. The fourth-order valence-corrected chi connectivity index (χ4v) is 3.55. The van der Waals surface area contributed by atoms with E-state index in [2.05, 4.69) is 20.4 Å². The van der Waals surface area contributed by atoms with Crippen LogP contribution in [0, 0.1) is 5.82 Å². The molecule has 0 saturated carbocycles. The second-order valence-electron chi connectivity index (χ2n) is 6.52. The third-order valence-electron chi connectivity index (χ3n) is 4.33. The van der Waals surface area contributed by atoms with Crippen molar-refractivity contribution in [2.75, 3.05) is 11.1 Å². The van der Waals surface area contributed by atoms with E-state index in [0.29, 0.717) is 5.69 Å². The molecular formula is C20H13F4N5O2S. The molecule has 2 aromatic heterocycles. The maximum atomic E-state index is 13.2. The van der Waals surface area contributed by atoms with Crippen LogP contribution in [0.3, 0.4) is 0 Å². The Morgan fingerprint density at radius 1 is 1.12 bits per heavy atom. The number of carbonyl (C=O) groups excluding carboxylic acids is 1. The number of hydrogen-bond acceptors (Lipinski definition) is 5. The van der Waals surface area contributed by atoms with E-state index in [1.807, 2.05) is 0 Å². The van der Waals surface area contributed by atoms with E-state index in [0.717, 1.165) is 23.9 Å². The Bertz CT molecular complexity index is 1350. The zero-order chi connectivity index (χ0) is 22.9. The van der Waals surface area contributed by atoms with Crippen LogP contribution in [0.2, 0.25) is 0 Å². The lowest BCUT2D eigenvalue weighted by atomic mass is 10.1. The quantitative estimate of drug-likeness (QED) is 0.265. The zero-order valence-electron chi connectivity index (χ0n) is 16.0. The maximum absolute atomic E-state index is 13.2. The molecule has 2 N–H and O–H groups in total. The number of nitrogens with zero attached hydrogens (tertiary/aromatic N) is 3. The normalized spacial score (nSPS) is 11.6. The maximum Gasteiger partial charge on any atom is 0.418 e. The van der Waals surface area contributed by atoms with Gasteiger partial charge in [0, 0.05) is 0 Å². The molecule has 0 aliphatic rings. The predicted octanol–water partition coefficient (Wildman–Crippen LogP) is 4.00. The highest BCUT2D eigenvalue weighted by molar-refractivity contribution is 7.99. The molecule has 1 amide bonds. The van der Waals surface area contributed by atoms with Crippen molar-refractivity contribution in [3.63, 3.8) is 0 Å². The topological polar surface area (TPSA) is 92.7 Å². The van der Waals surface area contributed by atoms with Gasteiger partial charge in [-0.2, -0.15) is 18.3 Å². The largest absolute Gasteiger partial charge is 0.418 e. The summed E-state index contributed by atoms with van der Waals surface area (Å²) in [5.41, 5.74) is -1.18. The van der Waals surface area contributed by atoms with Crippen molar-refractivity contribution in [3.05, 3.63) is 76.5 Å². The van der Waals surface area contributed by atoms with Gasteiger partial charge >= 0.3 is 6.18 Å². The van der Waals surface area contributed by atoms with Gasteiger partial charge in [-0.3, -0.25) is 9.59 Å². The van der Waals surface area contributed by atoms with Gasteiger partial charge in [-0.05, 0) is 36.4 Å². The molecule has 164 valence electrons. The number of aromatic nitrogens is 4. The van der Waals surface area contributed by atoms with Gasteiger partial charge in [0.05, 0.1) is 28.9 Å². The first kappa shape index (κ1) is 21.6. The van der Waals surface area contributed by atoms with Gasteiger partial charge in [0.25, 0.3) is 5.56 Å². The lowest BCUT2D eigenvalue weighted by Crippen LogP contribution is -2.18. The van der Waals surface area contributed by atoms with Crippen LogP contribution in [-0.2, 0) is 11.0 Å². The lowest BCUT2D eigenvalue weighted by Gasteiger charge is -2.13. The number of nitrogens with one attached hydrogen (secondary N) is 2. The minimum absolute atomic E-state index is 0.0746. The van der Waals surface area contributed by atoms with Crippen LogP contribution in [-0.4, -0.2) is 31.4 Å². The van der Waals surface area contributed by atoms with E-state index in [4.69, 9.17) is 0 Å². The predicted molar refractivity (Wildman–Crippen MR) is 110 cm³/mol. The van der Waals surface area contributed by atoms with Crippen LogP contribution in [0.1, 0.15) is 5.56 Å². The first-order valence-electron chi connectivity index (χ1n) is 9.05. The van der Waals surface area contributed by atoms with Gasteiger partial charge in [0.2, 0.25) is 5.91 Å². The number of anilines is 1. The fourth-order valence-electron chi connectivity index (χ4n) is 2.90. The van der Waals surface area contributed by atoms with Crippen molar-refractivity contribution in [3.8, 4) is 5.69 Å². The average molecular weight is 463 g/mol. The molecule has 12 heteroatoms. The van der Waals surface area contributed by atoms with Crippen LogP contribution in [0.15, 0.2) is 64.7 Å². The zero-order valence-corrected chi connectivity index (χ0v) is 16.8. The standard InChI is InChI=1S/C20H13F4N5O2S/c21-11-5-7-12(8-6-11)29-17-13(9-25-29)18(31)28-19(27-17)32-10-16(30)26-15-4-2-1-3-14(15)20(22,23)24/h1-9H,10H2,(H,26,30)(H,27,28,31). The highest BCUT2D eigenvalue weighted by Crippen LogP contribution is 2.34. The minimum Gasteiger partial charge on any atom is -0.325 e. The van der Waals surface area contributed by atoms with Crippen molar-refractivity contribution in [1.82, 2.24) is 19.7 Å². The number of fused-ring (bicyclic) bond motifs is 1. The van der Waals surface area contributed by atoms with Crippen molar-refractivity contribution >= 4 is 34.4 Å². The molecule has 4 rings (SSSR count). The van der Waals surface area contributed by atoms with Crippen molar-refractivity contribution in [1.29, 1.82) is 0 Å².